The molecular weight excluding hydrogens is 328 g/mol. The van der Waals surface area contributed by atoms with Crippen LogP contribution in [-0.4, -0.2) is 39.8 Å². The van der Waals surface area contributed by atoms with Crippen molar-refractivity contribution in [2.75, 3.05) is 18.4 Å². The van der Waals surface area contributed by atoms with Crippen molar-refractivity contribution in [3.8, 4) is 0 Å². The number of carbonyl (C=O) groups excluding carboxylic acids is 2. The Hall–Kier alpha value is -2.47. The lowest BCUT2D eigenvalue weighted by molar-refractivity contribution is -0.121. The normalized spacial score (nSPS) is 15.1. The van der Waals surface area contributed by atoms with E-state index in [4.69, 9.17) is 11.6 Å². The number of nitrogens with zero attached hydrogens (tertiary/aromatic N) is 3. The van der Waals surface area contributed by atoms with Crippen molar-refractivity contribution >= 4 is 29.1 Å². The van der Waals surface area contributed by atoms with Crippen LogP contribution in [0.25, 0.3) is 0 Å². The molecule has 0 spiro atoms. The maximum absolute atomic E-state index is 12.5. The highest BCUT2D eigenvalue weighted by molar-refractivity contribution is 6.32. The molecule has 1 aliphatic rings. The Labute approximate surface area is 144 Å². The van der Waals surface area contributed by atoms with E-state index in [0.717, 1.165) is 5.69 Å². The van der Waals surface area contributed by atoms with Gasteiger partial charge in [0.2, 0.25) is 5.91 Å². The Morgan fingerprint density at radius 3 is 2.50 bits per heavy atom. The number of piperidine rings is 1. The summed E-state index contributed by atoms with van der Waals surface area (Å²) in [7, 11) is 0. The maximum Gasteiger partial charge on any atom is 0.256 e. The molecular formula is C17H17ClN4O2. The van der Waals surface area contributed by atoms with Crippen LogP contribution in [-0.2, 0) is 4.79 Å². The number of amides is 2. The predicted molar refractivity (Wildman–Crippen MR) is 90.7 cm³/mol. The Bertz CT molecular complexity index is 730. The zero-order valence-corrected chi connectivity index (χ0v) is 13.7. The van der Waals surface area contributed by atoms with E-state index in [2.05, 4.69) is 15.3 Å². The molecule has 1 saturated heterocycles. The van der Waals surface area contributed by atoms with Gasteiger partial charge in [-0.05, 0) is 37.1 Å². The summed E-state index contributed by atoms with van der Waals surface area (Å²) in [5.74, 6) is -0.264. The molecule has 7 heteroatoms. The average molecular weight is 345 g/mol. The van der Waals surface area contributed by atoms with Gasteiger partial charge in [0.25, 0.3) is 5.91 Å². The number of hydrogen-bond acceptors (Lipinski definition) is 4. The van der Waals surface area contributed by atoms with Crippen molar-refractivity contribution in [1.82, 2.24) is 14.9 Å². The van der Waals surface area contributed by atoms with Gasteiger partial charge in [-0.3, -0.25) is 14.6 Å². The van der Waals surface area contributed by atoms with E-state index >= 15 is 0 Å². The van der Waals surface area contributed by atoms with Gasteiger partial charge >= 0.3 is 0 Å². The average Bonchev–Trinajstić information content (AvgIpc) is 2.62. The highest BCUT2D eigenvalue weighted by Crippen LogP contribution is 2.22. The quantitative estimate of drug-likeness (QED) is 0.868. The number of nitrogens with one attached hydrogen (secondary N) is 1. The van der Waals surface area contributed by atoms with E-state index in [1.807, 2.05) is 0 Å². The summed E-state index contributed by atoms with van der Waals surface area (Å²) in [6.07, 6.45) is 6.07. The topological polar surface area (TPSA) is 75.2 Å². The van der Waals surface area contributed by atoms with Crippen LogP contribution in [0.1, 0.15) is 23.2 Å². The van der Waals surface area contributed by atoms with Gasteiger partial charge in [-0.25, -0.2) is 4.98 Å². The minimum atomic E-state index is -0.138. The SMILES string of the molecule is O=C(Nc1ccncc1)C1CCN(C(=O)c2cccnc2Cl)CC1. The number of pyridine rings is 2. The lowest BCUT2D eigenvalue weighted by Crippen LogP contribution is -2.41. The van der Waals surface area contributed by atoms with Crippen LogP contribution in [0.15, 0.2) is 42.9 Å². The van der Waals surface area contributed by atoms with E-state index < -0.39 is 0 Å². The number of aromatic nitrogens is 2. The molecule has 2 aromatic heterocycles. The summed E-state index contributed by atoms with van der Waals surface area (Å²) in [6, 6.07) is 6.86. The Morgan fingerprint density at radius 1 is 1.12 bits per heavy atom. The summed E-state index contributed by atoms with van der Waals surface area (Å²) in [4.78, 5) is 34.4. The second kappa shape index (κ2) is 7.40. The number of halogens is 1. The van der Waals surface area contributed by atoms with Gasteiger partial charge in [0.15, 0.2) is 0 Å². The first-order valence-corrected chi connectivity index (χ1v) is 8.13. The molecule has 124 valence electrons. The Balaban J connectivity index is 1.57. The molecule has 2 amide bonds. The molecule has 3 rings (SSSR count). The molecule has 0 saturated carbocycles. The summed E-state index contributed by atoms with van der Waals surface area (Å²) in [6.45, 7) is 1.05. The second-order valence-electron chi connectivity index (χ2n) is 5.63. The fraction of sp³-hybridized carbons (Fsp3) is 0.294. The summed E-state index contributed by atoms with van der Waals surface area (Å²) in [5, 5.41) is 3.09. The van der Waals surface area contributed by atoms with Crippen molar-refractivity contribution in [2.24, 2.45) is 5.92 Å². The summed E-state index contributed by atoms with van der Waals surface area (Å²) >= 11 is 5.98. The molecule has 0 aliphatic carbocycles. The van der Waals surface area contributed by atoms with Crippen LogP contribution in [0, 0.1) is 5.92 Å². The lowest BCUT2D eigenvalue weighted by atomic mass is 9.95. The van der Waals surface area contributed by atoms with Crippen LogP contribution < -0.4 is 5.32 Å². The van der Waals surface area contributed by atoms with Crippen LogP contribution >= 0.6 is 11.6 Å². The number of rotatable bonds is 3. The van der Waals surface area contributed by atoms with Gasteiger partial charge in [-0.15, -0.1) is 0 Å². The zero-order valence-electron chi connectivity index (χ0n) is 13.0. The third kappa shape index (κ3) is 3.71. The number of likely N-dealkylation sites (tertiary alicyclic amines) is 1. The largest absolute Gasteiger partial charge is 0.339 e. The zero-order chi connectivity index (χ0) is 16.9. The molecule has 6 nitrogen and oxygen atoms in total. The van der Waals surface area contributed by atoms with E-state index in [9.17, 15) is 9.59 Å². The van der Waals surface area contributed by atoms with Crippen molar-refractivity contribution in [2.45, 2.75) is 12.8 Å². The van der Waals surface area contributed by atoms with E-state index in [0.29, 0.717) is 31.5 Å². The smallest absolute Gasteiger partial charge is 0.256 e. The van der Waals surface area contributed by atoms with E-state index in [1.165, 1.54) is 0 Å². The molecule has 1 aliphatic heterocycles. The minimum Gasteiger partial charge on any atom is -0.339 e. The number of anilines is 1. The molecule has 0 bridgehead atoms. The first-order valence-electron chi connectivity index (χ1n) is 7.76. The highest BCUT2D eigenvalue weighted by Gasteiger charge is 2.28. The van der Waals surface area contributed by atoms with Gasteiger partial charge < -0.3 is 10.2 Å². The fourth-order valence-electron chi connectivity index (χ4n) is 2.74. The molecule has 0 aromatic carbocycles. The summed E-state index contributed by atoms with van der Waals surface area (Å²) in [5.41, 5.74) is 1.13. The van der Waals surface area contributed by atoms with E-state index in [-0.39, 0.29) is 22.9 Å². The highest BCUT2D eigenvalue weighted by atomic mass is 35.5. The van der Waals surface area contributed by atoms with Crippen LogP contribution in [0.3, 0.4) is 0 Å². The van der Waals surface area contributed by atoms with Crippen molar-refractivity contribution in [3.63, 3.8) is 0 Å². The van der Waals surface area contributed by atoms with Crippen LogP contribution in [0.2, 0.25) is 5.15 Å². The Kier molecular flexibility index (Phi) is 5.05. The minimum absolute atomic E-state index is 0.0206. The molecule has 3 heterocycles. The van der Waals surface area contributed by atoms with E-state index in [1.54, 1.807) is 47.8 Å². The molecule has 0 unspecified atom stereocenters. The predicted octanol–water partition coefficient (Wildman–Crippen LogP) is 2.62. The molecule has 24 heavy (non-hydrogen) atoms. The van der Waals surface area contributed by atoms with Gasteiger partial charge in [0.1, 0.15) is 5.15 Å². The fourth-order valence-corrected chi connectivity index (χ4v) is 2.94. The molecule has 1 N–H and O–H groups in total. The monoisotopic (exact) mass is 344 g/mol. The van der Waals surface area contributed by atoms with Crippen molar-refractivity contribution in [1.29, 1.82) is 0 Å². The molecule has 0 radical (unpaired) electrons. The lowest BCUT2D eigenvalue weighted by Gasteiger charge is -2.31. The first-order chi connectivity index (χ1) is 11.6. The number of hydrogen-bond donors (Lipinski definition) is 1. The van der Waals surface area contributed by atoms with Gasteiger partial charge in [0, 0.05) is 43.3 Å². The van der Waals surface area contributed by atoms with Crippen molar-refractivity contribution < 1.29 is 9.59 Å². The summed E-state index contributed by atoms with van der Waals surface area (Å²) < 4.78 is 0. The van der Waals surface area contributed by atoms with Crippen LogP contribution in [0.5, 0.6) is 0 Å². The molecule has 1 fully saturated rings. The molecule has 2 aromatic rings. The third-order valence-electron chi connectivity index (χ3n) is 4.09. The maximum atomic E-state index is 12.5. The van der Waals surface area contributed by atoms with Gasteiger partial charge in [-0.2, -0.15) is 0 Å². The second-order valence-corrected chi connectivity index (χ2v) is 5.99. The van der Waals surface area contributed by atoms with Gasteiger partial charge in [-0.1, -0.05) is 11.6 Å². The number of carbonyl (C=O) groups is 2. The Morgan fingerprint density at radius 2 is 1.83 bits per heavy atom. The first kappa shape index (κ1) is 16.4. The molecule has 0 atom stereocenters. The van der Waals surface area contributed by atoms with Crippen molar-refractivity contribution in [3.05, 3.63) is 53.6 Å². The third-order valence-corrected chi connectivity index (χ3v) is 4.39. The van der Waals surface area contributed by atoms with Gasteiger partial charge in [0.05, 0.1) is 5.56 Å². The van der Waals surface area contributed by atoms with Crippen LogP contribution in [0.4, 0.5) is 5.69 Å². The standard InChI is InChI=1S/C17H17ClN4O2/c18-15-14(2-1-7-20-15)17(24)22-10-5-12(6-11-22)16(23)21-13-3-8-19-9-4-13/h1-4,7-9,12H,5-6,10-11H2,(H,19,21,23).